The summed E-state index contributed by atoms with van der Waals surface area (Å²) in [6.07, 6.45) is -6.26. The summed E-state index contributed by atoms with van der Waals surface area (Å²) in [5, 5.41) is 0. The smallest absolute Gasteiger partial charge is 0.280 e. The molecule has 4 aromatic rings. The highest BCUT2D eigenvalue weighted by Gasteiger charge is 2.52. The van der Waals surface area contributed by atoms with Crippen molar-refractivity contribution in [1.29, 1.82) is 0 Å². The minimum absolute atomic E-state index is 0.0163. The molecule has 0 radical (unpaired) electrons. The van der Waals surface area contributed by atoms with E-state index in [-0.39, 0.29) is 41.5 Å². The molecule has 4 aromatic heterocycles. The maximum Gasteiger partial charge on any atom is 0.280 e. The average molecular weight is 662 g/mol. The summed E-state index contributed by atoms with van der Waals surface area (Å²) in [6, 6.07) is 0. The Bertz CT molecular complexity index is 1780. The van der Waals surface area contributed by atoms with Crippen molar-refractivity contribution in [2.45, 2.75) is 48.9 Å². The number of aromatic amines is 2. The van der Waals surface area contributed by atoms with Crippen molar-refractivity contribution in [3.63, 3.8) is 0 Å². The number of halogens is 2. The molecule has 17 nitrogen and oxygen atoms in total. The van der Waals surface area contributed by atoms with Gasteiger partial charge >= 0.3 is 0 Å². The zero-order valence-corrected chi connectivity index (χ0v) is 24.1. The van der Waals surface area contributed by atoms with E-state index >= 15 is 8.78 Å². The number of ether oxygens (including phenoxy) is 4. The van der Waals surface area contributed by atoms with Gasteiger partial charge in [0.2, 0.25) is 19.1 Å². The highest BCUT2D eigenvalue weighted by molar-refractivity contribution is 8.41. The fraction of sp³-hybridized carbons (Fsp3) is 0.524. The van der Waals surface area contributed by atoms with Crippen LogP contribution in [0, 0.1) is 5.92 Å². The predicted octanol–water partition coefficient (Wildman–Crippen LogP) is 0.698. The van der Waals surface area contributed by atoms with Crippen molar-refractivity contribution in [2.75, 3.05) is 18.9 Å². The summed E-state index contributed by atoms with van der Waals surface area (Å²) in [5.41, 5.74) is 3.34. The van der Waals surface area contributed by atoms with Gasteiger partial charge in [-0.15, -0.1) is 12.6 Å². The van der Waals surface area contributed by atoms with Crippen molar-refractivity contribution >= 4 is 60.7 Å². The molecule has 0 aromatic carbocycles. The van der Waals surface area contributed by atoms with Gasteiger partial charge in [0.15, 0.2) is 53.4 Å². The molecule has 10 atom stereocenters. The minimum Gasteiger partial charge on any atom is -0.369 e. The normalized spacial score (nSPS) is 35.4. The number of anilines is 1. The van der Waals surface area contributed by atoms with Gasteiger partial charge in [-0.2, -0.15) is 4.98 Å². The zero-order valence-electron chi connectivity index (χ0n) is 21.5. The fourth-order valence-corrected chi connectivity index (χ4v) is 6.69. The summed E-state index contributed by atoms with van der Waals surface area (Å²) in [5.74, 6) is -1.11. The standard InChI is InChI=1S/C21H22F2N9O8PS2/c22-8-6-1-35-21(42)39-19-9(23)12(18(38-19)32-5-28-11-14(32)29-20(24)30-16(11)34)40-41(43)36-2-7(6)37-17(8)31-4-27-10-13(31)25-3-26-15(10)33/h3-9,12,17-19,21,42-43H,1-2H2,(H,25,26,33)(H3,24,29,30,34)/t6-,7-,8+,9-,12-,17-,18-,19?,21?,41?/m1/s1. The van der Waals surface area contributed by atoms with Gasteiger partial charge in [0.25, 0.3) is 11.1 Å². The second-order valence-electron chi connectivity index (χ2n) is 9.72. The number of H-pyrrole nitrogens is 2. The minimum atomic E-state index is -2.10. The van der Waals surface area contributed by atoms with Gasteiger partial charge in [0, 0.05) is 5.92 Å². The van der Waals surface area contributed by atoms with Crippen LogP contribution >= 0.6 is 32.5 Å². The lowest BCUT2D eigenvalue weighted by Gasteiger charge is -2.25. The molecule has 230 valence electrons. The largest absolute Gasteiger partial charge is 0.369 e. The topological polar surface area (TPSA) is 209 Å². The van der Waals surface area contributed by atoms with E-state index in [0.29, 0.717) is 0 Å². The Kier molecular flexibility index (Phi) is 7.63. The van der Waals surface area contributed by atoms with Gasteiger partial charge in [-0.05, 0) is 0 Å². The van der Waals surface area contributed by atoms with E-state index in [4.69, 9.17) is 33.7 Å². The van der Waals surface area contributed by atoms with E-state index in [1.165, 1.54) is 28.1 Å². The van der Waals surface area contributed by atoms with Crippen molar-refractivity contribution in [3.8, 4) is 0 Å². The van der Waals surface area contributed by atoms with Gasteiger partial charge in [0.1, 0.15) is 6.10 Å². The molecule has 0 spiro atoms. The predicted molar refractivity (Wildman–Crippen MR) is 148 cm³/mol. The average Bonchev–Trinajstić information content (AvgIpc) is 3.72. The van der Waals surface area contributed by atoms with Crippen LogP contribution in [0.3, 0.4) is 0 Å². The molecule has 7 heterocycles. The van der Waals surface area contributed by atoms with E-state index < -0.39 is 73.5 Å². The lowest BCUT2D eigenvalue weighted by Crippen LogP contribution is -2.34. The Morgan fingerprint density at radius 1 is 0.977 bits per heavy atom. The Hall–Kier alpha value is -2.75. The summed E-state index contributed by atoms with van der Waals surface area (Å²) < 4.78 is 68.9. The van der Waals surface area contributed by atoms with Gasteiger partial charge in [-0.25, -0.2) is 23.7 Å². The first-order chi connectivity index (χ1) is 20.7. The van der Waals surface area contributed by atoms with E-state index in [1.807, 2.05) is 0 Å². The van der Waals surface area contributed by atoms with Crippen LogP contribution in [-0.4, -0.2) is 88.7 Å². The first-order valence-electron chi connectivity index (χ1n) is 12.6. The van der Waals surface area contributed by atoms with Crippen LogP contribution < -0.4 is 16.9 Å². The molecule has 7 rings (SSSR count). The Morgan fingerprint density at radius 2 is 1.72 bits per heavy atom. The summed E-state index contributed by atoms with van der Waals surface area (Å²) in [4.78, 5) is 45.4. The molecule has 4 N–H and O–H groups in total. The SMILES string of the molecule is Nc1nc2c(ncn2[C@@H]2OC3OC(S)OC[C@H]4[C@H](F)[C@H](n5cnc6c(=O)[nH]cnc65)O[C@@H]4COP(S)O[C@@H]2[C@H]3F)c(=O)[nH]1. The van der Waals surface area contributed by atoms with Crippen LogP contribution in [0.2, 0.25) is 0 Å². The number of imidazole rings is 2. The molecule has 3 unspecified atom stereocenters. The van der Waals surface area contributed by atoms with Crippen molar-refractivity contribution < 1.29 is 36.8 Å². The molecule has 2 bridgehead atoms. The highest BCUT2D eigenvalue weighted by atomic mass is 32.7. The molecule has 3 fully saturated rings. The number of fused-ring (bicyclic) bond motifs is 5. The third-order valence-electron chi connectivity index (χ3n) is 7.21. The third-order valence-corrected chi connectivity index (χ3v) is 8.90. The van der Waals surface area contributed by atoms with Crippen LogP contribution in [0.25, 0.3) is 22.3 Å². The molecule has 3 aliphatic heterocycles. The van der Waals surface area contributed by atoms with Crippen LogP contribution in [0.5, 0.6) is 0 Å². The van der Waals surface area contributed by atoms with Gasteiger partial charge in [0.05, 0.1) is 38.3 Å². The first kappa shape index (κ1) is 29.0. The van der Waals surface area contributed by atoms with Crippen molar-refractivity contribution in [2.24, 2.45) is 5.92 Å². The summed E-state index contributed by atoms with van der Waals surface area (Å²) >= 11 is 8.60. The number of nitrogens with one attached hydrogen (secondary N) is 2. The molecule has 43 heavy (non-hydrogen) atoms. The van der Waals surface area contributed by atoms with Crippen LogP contribution in [-0.2, 0) is 28.0 Å². The molecule has 0 saturated carbocycles. The van der Waals surface area contributed by atoms with E-state index in [0.717, 1.165) is 0 Å². The Balaban J connectivity index is 1.16. The molecular weight excluding hydrogens is 639 g/mol. The van der Waals surface area contributed by atoms with Gasteiger partial charge < -0.3 is 38.7 Å². The number of nitrogens with zero attached hydrogens (tertiary/aromatic N) is 6. The number of hydrogen-bond donors (Lipinski definition) is 5. The fourth-order valence-electron chi connectivity index (χ4n) is 5.19. The van der Waals surface area contributed by atoms with E-state index in [2.05, 4.69) is 54.8 Å². The number of rotatable bonds is 2. The molecule has 3 saturated heterocycles. The molecular formula is C21H22F2N9O8PS2. The van der Waals surface area contributed by atoms with Gasteiger partial charge in [-0.3, -0.25) is 23.7 Å². The number of hydrogen-bond acceptors (Lipinski definition) is 15. The maximum atomic E-state index is 15.9. The Morgan fingerprint density at radius 3 is 2.51 bits per heavy atom. The number of nitrogen functional groups attached to an aromatic ring is 1. The molecule has 3 aliphatic rings. The quantitative estimate of drug-likeness (QED) is 0.148. The maximum absolute atomic E-state index is 15.9. The number of aromatic nitrogens is 8. The van der Waals surface area contributed by atoms with Crippen LogP contribution in [0.1, 0.15) is 12.5 Å². The lowest BCUT2D eigenvalue weighted by atomic mass is 10.0. The van der Waals surface area contributed by atoms with E-state index in [9.17, 15) is 9.59 Å². The molecule has 0 aliphatic carbocycles. The van der Waals surface area contributed by atoms with Crippen molar-refractivity contribution in [3.05, 3.63) is 39.7 Å². The van der Waals surface area contributed by atoms with Gasteiger partial charge in [-0.1, -0.05) is 12.2 Å². The van der Waals surface area contributed by atoms with Crippen LogP contribution in [0.15, 0.2) is 28.6 Å². The highest BCUT2D eigenvalue weighted by Crippen LogP contribution is 2.51. The molecule has 0 amide bonds. The van der Waals surface area contributed by atoms with Crippen molar-refractivity contribution in [1.82, 2.24) is 39.0 Å². The third kappa shape index (κ3) is 5.11. The number of thiol groups is 2. The second kappa shape index (κ2) is 11.3. The lowest BCUT2D eigenvalue weighted by molar-refractivity contribution is -0.227. The summed E-state index contributed by atoms with van der Waals surface area (Å²) in [6.45, 7) is -0.500. The Labute approximate surface area is 249 Å². The number of nitrogens with two attached hydrogens (primary N) is 1. The summed E-state index contributed by atoms with van der Waals surface area (Å²) in [7, 11) is -2.10. The zero-order chi connectivity index (χ0) is 30.0. The second-order valence-corrected chi connectivity index (χ2v) is 12.1. The van der Waals surface area contributed by atoms with Crippen LogP contribution in [0.4, 0.5) is 14.7 Å². The molecule has 22 heteroatoms. The monoisotopic (exact) mass is 661 g/mol. The first-order valence-corrected chi connectivity index (χ1v) is 15.5. The number of alkyl halides is 2. The van der Waals surface area contributed by atoms with E-state index in [1.54, 1.807) is 0 Å².